The van der Waals surface area contributed by atoms with Crippen LogP contribution in [-0.4, -0.2) is 29.7 Å². The molecule has 0 radical (unpaired) electrons. The van der Waals surface area contributed by atoms with Gasteiger partial charge in [0.1, 0.15) is 11.6 Å². The molecule has 0 heterocycles. The number of ether oxygens (including phenoxy) is 1. The van der Waals surface area contributed by atoms with Crippen molar-refractivity contribution in [2.45, 2.75) is 93.1 Å². The minimum absolute atomic E-state index is 0.0721. The van der Waals surface area contributed by atoms with Gasteiger partial charge in [0.25, 0.3) is 0 Å². The molecule has 5 nitrogen and oxygen atoms in total. The first-order chi connectivity index (χ1) is 11.8. The number of Topliss-reactive ketones (excluding diaryl/α,β-unsaturated/α-hetero) is 2. The Labute approximate surface area is 160 Å². The molecule has 0 bridgehead atoms. The first kappa shape index (κ1) is 27.0. The topological polar surface area (TPSA) is 86.5 Å². The second-order valence-electron chi connectivity index (χ2n) is 8.53. The van der Waals surface area contributed by atoms with Crippen LogP contribution in [0, 0.1) is 17.8 Å². The van der Waals surface area contributed by atoms with E-state index in [1.54, 1.807) is 0 Å². The number of nitrogens with two attached hydrogens (primary N) is 1. The molecule has 5 heteroatoms. The summed E-state index contributed by atoms with van der Waals surface area (Å²) < 4.78 is 5.74. The van der Waals surface area contributed by atoms with Gasteiger partial charge in [-0.25, -0.2) is 0 Å². The van der Waals surface area contributed by atoms with Crippen LogP contribution in [-0.2, 0) is 19.1 Å². The molecule has 0 aliphatic heterocycles. The Morgan fingerprint density at radius 3 is 1.77 bits per heavy atom. The standard InChI is InChI=1S/C13H26O2.C8H15NO2/c1-10(2)7-8-15-13(5,6)9-12(14)11(3)4;1-6(2)7(10)4-3-5-8(9)11/h10-11H,7-9H2,1-6H3;6H,3-5H2,1-2H3,(H2,9,11). The van der Waals surface area contributed by atoms with Crippen molar-refractivity contribution in [1.82, 2.24) is 0 Å². The zero-order chi connectivity index (χ0) is 20.9. The SMILES string of the molecule is CC(C)C(=O)CCCC(N)=O.CC(C)CCOC(C)(C)CC(=O)C(C)C. The molecule has 0 saturated heterocycles. The molecule has 0 atom stereocenters. The molecule has 0 unspecified atom stereocenters. The van der Waals surface area contributed by atoms with Crippen LogP contribution in [0.3, 0.4) is 0 Å². The van der Waals surface area contributed by atoms with Gasteiger partial charge in [-0.3, -0.25) is 14.4 Å². The Balaban J connectivity index is 0. The van der Waals surface area contributed by atoms with Crippen LogP contribution < -0.4 is 5.73 Å². The minimum Gasteiger partial charge on any atom is -0.375 e. The molecule has 2 N–H and O–H groups in total. The lowest BCUT2D eigenvalue weighted by molar-refractivity contribution is -0.128. The molecule has 0 aromatic rings. The van der Waals surface area contributed by atoms with Gasteiger partial charge in [-0.1, -0.05) is 41.5 Å². The van der Waals surface area contributed by atoms with Gasteiger partial charge in [0, 0.05) is 37.7 Å². The van der Waals surface area contributed by atoms with Crippen LogP contribution in [0.1, 0.15) is 87.5 Å². The number of hydrogen-bond donors (Lipinski definition) is 1. The highest BCUT2D eigenvalue weighted by atomic mass is 16.5. The van der Waals surface area contributed by atoms with E-state index in [-0.39, 0.29) is 34.9 Å². The first-order valence-corrected chi connectivity index (χ1v) is 9.76. The van der Waals surface area contributed by atoms with Gasteiger partial charge in [-0.2, -0.15) is 0 Å². The van der Waals surface area contributed by atoms with Crippen LogP contribution in [0.2, 0.25) is 0 Å². The summed E-state index contributed by atoms with van der Waals surface area (Å²) in [5, 5.41) is 0. The van der Waals surface area contributed by atoms with E-state index in [2.05, 4.69) is 13.8 Å². The van der Waals surface area contributed by atoms with Crippen LogP contribution in [0.25, 0.3) is 0 Å². The molecule has 0 aromatic carbocycles. The molecule has 0 aromatic heterocycles. The van der Waals surface area contributed by atoms with E-state index in [1.165, 1.54) is 0 Å². The highest BCUT2D eigenvalue weighted by Crippen LogP contribution is 2.18. The van der Waals surface area contributed by atoms with Crippen molar-refractivity contribution in [2.24, 2.45) is 23.5 Å². The van der Waals surface area contributed by atoms with Crippen LogP contribution >= 0.6 is 0 Å². The number of amides is 1. The molecule has 0 saturated carbocycles. The smallest absolute Gasteiger partial charge is 0.217 e. The fourth-order valence-electron chi connectivity index (χ4n) is 1.97. The summed E-state index contributed by atoms with van der Waals surface area (Å²) >= 11 is 0. The normalized spacial score (nSPS) is 11.5. The van der Waals surface area contributed by atoms with Gasteiger partial charge in [0.2, 0.25) is 5.91 Å². The molecule has 154 valence electrons. The zero-order valence-corrected chi connectivity index (χ0v) is 18.2. The van der Waals surface area contributed by atoms with Gasteiger partial charge in [0.05, 0.1) is 5.60 Å². The second kappa shape index (κ2) is 13.9. The van der Waals surface area contributed by atoms with E-state index in [4.69, 9.17) is 10.5 Å². The molecule has 1 amide bonds. The van der Waals surface area contributed by atoms with E-state index in [0.29, 0.717) is 31.6 Å². The Bertz CT molecular complexity index is 426. The summed E-state index contributed by atoms with van der Waals surface area (Å²) in [5.41, 5.74) is 4.60. The summed E-state index contributed by atoms with van der Waals surface area (Å²) in [4.78, 5) is 32.8. The number of primary amides is 1. The van der Waals surface area contributed by atoms with E-state index in [0.717, 1.165) is 13.0 Å². The Morgan fingerprint density at radius 2 is 1.38 bits per heavy atom. The molecular formula is C21H41NO4. The van der Waals surface area contributed by atoms with E-state index >= 15 is 0 Å². The predicted octanol–water partition coefficient (Wildman–Crippen LogP) is 4.31. The predicted molar refractivity (Wildman–Crippen MR) is 107 cm³/mol. The lowest BCUT2D eigenvalue weighted by Gasteiger charge is -2.25. The van der Waals surface area contributed by atoms with E-state index in [9.17, 15) is 14.4 Å². The average Bonchev–Trinajstić information content (AvgIpc) is 2.45. The minimum atomic E-state index is -0.332. The highest BCUT2D eigenvalue weighted by Gasteiger charge is 2.23. The van der Waals surface area contributed by atoms with E-state index in [1.807, 2.05) is 41.5 Å². The Hall–Kier alpha value is -1.23. The van der Waals surface area contributed by atoms with Crippen LogP contribution in [0.5, 0.6) is 0 Å². The molecule has 0 aliphatic rings. The van der Waals surface area contributed by atoms with Gasteiger partial charge in [0.15, 0.2) is 0 Å². The Kier molecular flexibility index (Phi) is 14.4. The first-order valence-electron chi connectivity index (χ1n) is 9.76. The molecule has 0 rings (SSSR count). The highest BCUT2D eigenvalue weighted by molar-refractivity contribution is 5.81. The third kappa shape index (κ3) is 17.6. The third-order valence-corrected chi connectivity index (χ3v) is 3.92. The van der Waals surface area contributed by atoms with Gasteiger partial charge in [-0.05, 0) is 32.6 Å². The summed E-state index contributed by atoms with van der Waals surface area (Å²) in [5.74, 6) is 0.986. The maximum atomic E-state index is 11.6. The number of rotatable bonds is 12. The summed E-state index contributed by atoms with van der Waals surface area (Å²) in [7, 11) is 0. The fourth-order valence-corrected chi connectivity index (χ4v) is 1.97. The van der Waals surface area contributed by atoms with Crippen molar-refractivity contribution in [3.8, 4) is 0 Å². The average molecular weight is 372 g/mol. The van der Waals surface area contributed by atoms with Crippen LogP contribution in [0.4, 0.5) is 0 Å². The summed E-state index contributed by atoms with van der Waals surface area (Å²) in [6.07, 6.45) is 2.95. The number of hydrogen-bond acceptors (Lipinski definition) is 4. The molecule has 0 fully saturated rings. The van der Waals surface area contributed by atoms with E-state index < -0.39 is 0 Å². The number of ketones is 2. The fraction of sp³-hybridized carbons (Fsp3) is 0.857. The zero-order valence-electron chi connectivity index (χ0n) is 18.2. The van der Waals surface area contributed by atoms with Crippen molar-refractivity contribution < 1.29 is 19.1 Å². The maximum absolute atomic E-state index is 11.6. The largest absolute Gasteiger partial charge is 0.375 e. The quantitative estimate of drug-likeness (QED) is 0.554. The number of carbonyl (C=O) groups excluding carboxylic acids is 3. The summed E-state index contributed by atoms with van der Waals surface area (Å²) in [6, 6.07) is 0. The van der Waals surface area contributed by atoms with Crippen molar-refractivity contribution >= 4 is 17.5 Å². The molecule has 26 heavy (non-hydrogen) atoms. The number of carbonyl (C=O) groups is 3. The van der Waals surface area contributed by atoms with Crippen LogP contribution in [0.15, 0.2) is 0 Å². The molecule has 0 spiro atoms. The lowest BCUT2D eigenvalue weighted by Crippen LogP contribution is -2.30. The van der Waals surface area contributed by atoms with Gasteiger partial charge >= 0.3 is 0 Å². The van der Waals surface area contributed by atoms with Gasteiger partial charge in [-0.15, -0.1) is 0 Å². The van der Waals surface area contributed by atoms with Gasteiger partial charge < -0.3 is 10.5 Å². The maximum Gasteiger partial charge on any atom is 0.217 e. The molecule has 0 aliphatic carbocycles. The van der Waals surface area contributed by atoms with Crippen molar-refractivity contribution in [2.75, 3.05) is 6.61 Å². The third-order valence-electron chi connectivity index (χ3n) is 3.92. The summed E-state index contributed by atoms with van der Waals surface area (Å²) in [6.45, 7) is 16.7. The Morgan fingerprint density at radius 1 is 0.885 bits per heavy atom. The molecular weight excluding hydrogens is 330 g/mol. The van der Waals surface area contributed by atoms with Crippen molar-refractivity contribution in [3.63, 3.8) is 0 Å². The van der Waals surface area contributed by atoms with Crippen molar-refractivity contribution in [1.29, 1.82) is 0 Å². The van der Waals surface area contributed by atoms with Crippen molar-refractivity contribution in [3.05, 3.63) is 0 Å². The second-order valence-corrected chi connectivity index (χ2v) is 8.53. The monoisotopic (exact) mass is 371 g/mol. The lowest BCUT2D eigenvalue weighted by atomic mass is 9.95.